The summed E-state index contributed by atoms with van der Waals surface area (Å²) in [5, 5.41) is 0. The molecule has 16 heavy (non-hydrogen) atoms. The van der Waals surface area contributed by atoms with Gasteiger partial charge in [-0.3, -0.25) is 4.79 Å². The molecule has 0 fully saturated rings. The Kier molecular flexibility index (Phi) is 2.87. The van der Waals surface area contributed by atoms with Gasteiger partial charge in [0.25, 0.3) is 0 Å². The average molecular weight is 219 g/mol. The van der Waals surface area contributed by atoms with Gasteiger partial charge in [-0.05, 0) is 12.1 Å². The molecule has 0 saturated heterocycles. The summed E-state index contributed by atoms with van der Waals surface area (Å²) in [6, 6.07) is 7.16. The first-order valence-corrected chi connectivity index (χ1v) is 4.97. The number of carbonyl (C=O) groups is 1. The van der Waals surface area contributed by atoms with E-state index in [1.54, 1.807) is 0 Å². The number of H-pyrrole nitrogens is 1. The van der Waals surface area contributed by atoms with Crippen molar-refractivity contribution < 1.29 is 9.53 Å². The summed E-state index contributed by atoms with van der Waals surface area (Å²) < 4.78 is 4.56. The zero-order valence-corrected chi connectivity index (χ0v) is 8.93. The van der Waals surface area contributed by atoms with Gasteiger partial charge in [-0.1, -0.05) is 12.1 Å². The van der Waals surface area contributed by atoms with Crippen LogP contribution in [-0.4, -0.2) is 23.0 Å². The fourth-order valence-corrected chi connectivity index (χ4v) is 1.51. The van der Waals surface area contributed by atoms with Gasteiger partial charge in [-0.25, -0.2) is 4.98 Å². The van der Waals surface area contributed by atoms with Gasteiger partial charge in [0.15, 0.2) is 0 Å². The van der Waals surface area contributed by atoms with Gasteiger partial charge in [0.1, 0.15) is 5.82 Å². The van der Waals surface area contributed by atoms with Gasteiger partial charge < -0.3 is 15.5 Å². The summed E-state index contributed by atoms with van der Waals surface area (Å²) in [4.78, 5) is 18.5. The molecule has 1 aromatic heterocycles. The fourth-order valence-electron chi connectivity index (χ4n) is 1.51. The summed E-state index contributed by atoms with van der Waals surface area (Å²) in [5.74, 6) is 0.263. The zero-order valence-electron chi connectivity index (χ0n) is 8.93. The lowest BCUT2D eigenvalue weighted by molar-refractivity contribution is -0.141. The number of hydrogen-bond acceptors (Lipinski definition) is 4. The molecule has 0 saturated carbocycles. The Hall–Kier alpha value is -1.88. The van der Waals surface area contributed by atoms with Crippen molar-refractivity contribution in [3.05, 3.63) is 30.1 Å². The molecule has 0 aliphatic heterocycles. The number of aromatic amines is 1. The third kappa shape index (κ3) is 2.04. The van der Waals surface area contributed by atoms with Crippen molar-refractivity contribution >= 4 is 17.0 Å². The number of fused-ring (bicyclic) bond motifs is 1. The maximum absolute atomic E-state index is 11.1. The Morgan fingerprint density at radius 3 is 3.00 bits per heavy atom. The smallest absolute Gasteiger partial charge is 0.307 e. The molecule has 2 rings (SSSR count). The second kappa shape index (κ2) is 4.32. The number of aromatic nitrogens is 2. The fraction of sp³-hybridized carbons (Fsp3) is 0.273. The number of hydrogen-bond donors (Lipinski definition) is 2. The van der Waals surface area contributed by atoms with Crippen LogP contribution in [0, 0.1) is 0 Å². The predicted octanol–water partition coefficient (Wildman–Crippen LogP) is 1.13. The maximum atomic E-state index is 11.1. The van der Waals surface area contributed by atoms with Gasteiger partial charge >= 0.3 is 5.97 Å². The minimum atomic E-state index is -0.458. The highest BCUT2D eigenvalue weighted by atomic mass is 16.5. The zero-order chi connectivity index (χ0) is 11.5. The van der Waals surface area contributed by atoms with E-state index in [4.69, 9.17) is 5.73 Å². The number of methoxy groups -OCH3 is 1. The van der Waals surface area contributed by atoms with Crippen LogP contribution in [0.1, 0.15) is 18.3 Å². The molecule has 0 spiro atoms. The highest BCUT2D eigenvalue weighted by molar-refractivity contribution is 5.75. The van der Waals surface area contributed by atoms with Crippen molar-refractivity contribution in [1.82, 2.24) is 9.97 Å². The predicted molar refractivity (Wildman–Crippen MR) is 59.7 cm³/mol. The number of imidazole rings is 1. The minimum Gasteiger partial charge on any atom is -0.469 e. The molecule has 1 aromatic carbocycles. The van der Waals surface area contributed by atoms with Crippen LogP contribution in [0.2, 0.25) is 0 Å². The van der Waals surface area contributed by atoms with E-state index in [1.165, 1.54) is 7.11 Å². The number of rotatable bonds is 3. The van der Waals surface area contributed by atoms with E-state index in [0.717, 1.165) is 11.0 Å². The number of carbonyl (C=O) groups excluding carboxylic acids is 1. The van der Waals surface area contributed by atoms with Crippen molar-refractivity contribution in [1.29, 1.82) is 0 Å². The Labute approximate surface area is 92.6 Å². The van der Waals surface area contributed by atoms with Gasteiger partial charge in [-0.15, -0.1) is 0 Å². The SMILES string of the molecule is COC(=O)CC(N)c1nc2ccccc2[nH]1. The molecule has 1 unspecified atom stereocenters. The Bertz CT molecular complexity index is 474. The summed E-state index contributed by atoms with van der Waals surface area (Å²) >= 11 is 0. The van der Waals surface area contributed by atoms with E-state index in [9.17, 15) is 4.79 Å². The summed E-state index contributed by atoms with van der Waals surface area (Å²) in [5.41, 5.74) is 7.60. The van der Waals surface area contributed by atoms with Gasteiger partial charge in [0, 0.05) is 0 Å². The van der Waals surface area contributed by atoms with Gasteiger partial charge in [0.2, 0.25) is 0 Å². The lowest BCUT2D eigenvalue weighted by atomic mass is 10.2. The molecule has 0 aliphatic carbocycles. The van der Waals surface area contributed by atoms with E-state index in [-0.39, 0.29) is 12.4 Å². The van der Waals surface area contributed by atoms with E-state index in [2.05, 4.69) is 14.7 Å². The van der Waals surface area contributed by atoms with E-state index < -0.39 is 6.04 Å². The van der Waals surface area contributed by atoms with Crippen LogP contribution in [0.3, 0.4) is 0 Å². The van der Waals surface area contributed by atoms with Crippen LogP contribution in [0.4, 0.5) is 0 Å². The molecule has 0 radical (unpaired) electrons. The second-order valence-electron chi connectivity index (χ2n) is 3.53. The number of ether oxygens (including phenoxy) is 1. The largest absolute Gasteiger partial charge is 0.469 e. The lowest BCUT2D eigenvalue weighted by Crippen LogP contribution is -2.17. The minimum absolute atomic E-state index is 0.121. The van der Waals surface area contributed by atoms with Crippen LogP contribution in [0.15, 0.2) is 24.3 Å². The lowest BCUT2D eigenvalue weighted by Gasteiger charge is -2.05. The quantitative estimate of drug-likeness (QED) is 0.758. The monoisotopic (exact) mass is 219 g/mol. The number of benzene rings is 1. The summed E-state index contributed by atoms with van der Waals surface area (Å²) in [6.07, 6.45) is 0.121. The van der Waals surface area contributed by atoms with E-state index in [1.807, 2.05) is 24.3 Å². The number of nitrogens with one attached hydrogen (secondary N) is 1. The third-order valence-corrected chi connectivity index (χ3v) is 2.37. The van der Waals surface area contributed by atoms with Gasteiger partial charge in [-0.2, -0.15) is 0 Å². The van der Waals surface area contributed by atoms with Crippen LogP contribution < -0.4 is 5.73 Å². The molecule has 2 aromatic rings. The van der Waals surface area contributed by atoms with Crippen molar-refractivity contribution in [2.24, 2.45) is 5.73 Å². The van der Waals surface area contributed by atoms with Crippen molar-refractivity contribution in [3.8, 4) is 0 Å². The van der Waals surface area contributed by atoms with Crippen molar-refractivity contribution in [2.75, 3.05) is 7.11 Å². The van der Waals surface area contributed by atoms with Crippen LogP contribution >= 0.6 is 0 Å². The Balaban J connectivity index is 2.23. The molecule has 0 amide bonds. The normalized spacial score (nSPS) is 12.6. The Morgan fingerprint density at radius 1 is 1.56 bits per heavy atom. The van der Waals surface area contributed by atoms with Crippen molar-refractivity contribution in [2.45, 2.75) is 12.5 Å². The first-order chi connectivity index (χ1) is 7.70. The summed E-state index contributed by atoms with van der Waals surface area (Å²) in [6.45, 7) is 0. The maximum Gasteiger partial charge on any atom is 0.307 e. The molecule has 1 heterocycles. The second-order valence-corrected chi connectivity index (χ2v) is 3.53. The highest BCUT2D eigenvalue weighted by Gasteiger charge is 2.15. The first kappa shape index (κ1) is 10.6. The molecule has 5 heteroatoms. The van der Waals surface area contributed by atoms with E-state index >= 15 is 0 Å². The molecule has 0 bridgehead atoms. The average Bonchev–Trinajstić information content (AvgIpc) is 2.72. The number of nitrogens with zero attached hydrogens (tertiary/aromatic N) is 1. The summed E-state index contributed by atoms with van der Waals surface area (Å²) in [7, 11) is 1.34. The van der Waals surface area contributed by atoms with Crippen molar-refractivity contribution in [3.63, 3.8) is 0 Å². The number of para-hydroxylation sites is 2. The molecular weight excluding hydrogens is 206 g/mol. The molecule has 5 nitrogen and oxygen atoms in total. The molecular formula is C11H13N3O2. The Morgan fingerprint density at radius 2 is 2.31 bits per heavy atom. The van der Waals surface area contributed by atoms with E-state index in [0.29, 0.717) is 5.82 Å². The van der Waals surface area contributed by atoms with Crippen LogP contribution in [-0.2, 0) is 9.53 Å². The molecule has 3 N–H and O–H groups in total. The topological polar surface area (TPSA) is 81.0 Å². The third-order valence-electron chi connectivity index (χ3n) is 2.37. The highest BCUT2D eigenvalue weighted by Crippen LogP contribution is 2.16. The van der Waals surface area contributed by atoms with Crippen LogP contribution in [0.5, 0.6) is 0 Å². The van der Waals surface area contributed by atoms with Crippen LogP contribution in [0.25, 0.3) is 11.0 Å². The first-order valence-electron chi connectivity index (χ1n) is 4.97. The standard InChI is InChI=1S/C11H13N3O2/c1-16-10(15)6-7(12)11-13-8-4-2-3-5-9(8)14-11/h2-5,7H,6,12H2,1H3,(H,13,14). The van der Waals surface area contributed by atoms with Gasteiger partial charge in [0.05, 0.1) is 30.6 Å². The number of nitrogens with two attached hydrogens (primary N) is 1. The molecule has 1 atom stereocenters. The molecule has 0 aliphatic rings. The molecule has 84 valence electrons. The number of esters is 1.